The van der Waals surface area contributed by atoms with Crippen molar-refractivity contribution in [3.05, 3.63) is 0 Å². The Kier molecular flexibility index (Phi) is 3.99. The van der Waals surface area contributed by atoms with Crippen molar-refractivity contribution < 1.29 is 9.59 Å². The lowest BCUT2D eigenvalue weighted by Crippen LogP contribution is -2.50. The summed E-state index contributed by atoms with van der Waals surface area (Å²) in [6.45, 7) is 2.81. The van der Waals surface area contributed by atoms with Crippen LogP contribution in [0.1, 0.15) is 58.3 Å². The molecule has 0 aromatic heterocycles. The van der Waals surface area contributed by atoms with Gasteiger partial charge in [-0.3, -0.25) is 9.59 Å². The Morgan fingerprint density at radius 3 is 2.60 bits per heavy atom. The Morgan fingerprint density at radius 2 is 1.95 bits per heavy atom. The van der Waals surface area contributed by atoms with E-state index in [4.69, 9.17) is 0 Å². The van der Waals surface area contributed by atoms with Gasteiger partial charge in [0.25, 0.3) is 0 Å². The molecule has 0 aromatic carbocycles. The maximum absolute atomic E-state index is 12.8. The van der Waals surface area contributed by atoms with Crippen molar-refractivity contribution in [2.45, 2.75) is 70.4 Å². The number of carbonyl (C=O) groups is 2. The van der Waals surface area contributed by atoms with Crippen LogP contribution >= 0.6 is 0 Å². The van der Waals surface area contributed by atoms with E-state index in [0.717, 1.165) is 25.7 Å². The van der Waals surface area contributed by atoms with Crippen LogP contribution in [0, 0.1) is 11.8 Å². The fraction of sp³-hybridized carbons (Fsp3) is 0.875. The Labute approximate surface area is 121 Å². The Balaban J connectivity index is 1.73. The standard InChI is InChI=1S/C16H26N2O2/c1-2-11-10-13(11)18-9-8-14(19)17-15(16(18)20)12-6-4-3-5-7-12/h11-13,15H,2-10H2,1H3,(H,17,19). The topological polar surface area (TPSA) is 49.4 Å². The molecule has 3 rings (SSSR count). The first-order chi connectivity index (χ1) is 9.70. The Morgan fingerprint density at radius 1 is 1.20 bits per heavy atom. The quantitative estimate of drug-likeness (QED) is 0.859. The molecule has 1 saturated heterocycles. The van der Waals surface area contributed by atoms with Gasteiger partial charge in [-0.15, -0.1) is 0 Å². The van der Waals surface area contributed by atoms with Gasteiger partial charge in [0.1, 0.15) is 6.04 Å². The Hall–Kier alpha value is -1.06. The summed E-state index contributed by atoms with van der Waals surface area (Å²) in [6, 6.07) is 0.162. The maximum Gasteiger partial charge on any atom is 0.245 e. The lowest BCUT2D eigenvalue weighted by molar-refractivity contribution is -0.136. The van der Waals surface area contributed by atoms with Crippen molar-refractivity contribution in [2.75, 3.05) is 6.54 Å². The molecule has 0 aromatic rings. The van der Waals surface area contributed by atoms with Gasteiger partial charge in [0.05, 0.1) is 0 Å². The highest BCUT2D eigenvalue weighted by Gasteiger charge is 2.46. The zero-order valence-corrected chi connectivity index (χ0v) is 12.4. The van der Waals surface area contributed by atoms with E-state index in [9.17, 15) is 9.59 Å². The minimum absolute atomic E-state index is 0.0603. The Bertz CT molecular complexity index is 390. The van der Waals surface area contributed by atoms with Crippen LogP contribution in [0.3, 0.4) is 0 Å². The van der Waals surface area contributed by atoms with Crippen LogP contribution in [0.25, 0.3) is 0 Å². The SMILES string of the molecule is CCC1CC1N1CCC(=O)NC(C2CCCCC2)C1=O. The summed E-state index contributed by atoms with van der Waals surface area (Å²) in [5.74, 6) is 1.28. The molecule has 0 spiro atoms. The number of rotatable bonds is 3. The van der Waals surface area contributed by atoms with Crippen molar-refractivity contribution in [3.8, 4) is 0 Å². The van der Waals surface area contributed by atoms with E-state index >= 15 is 0 Å². The number of hydrogen-bond donors (Lipinski definition) is 1. The van der Waals surface area contributed by atoms with Crippen molar-refractivity contribution in [1.29, 1.82) is 0 Å². The first-order valence-corrected chi connectivity index (χ1v) is 8.30. The van der Waals surface area contributed by atoms with Crippen molar-refractivity contribution >= 4 is 11.8 Å². The van der Waals surface area contributed by atoms with Gasteiger partial charge in [-0.05, 0) is 31.1 Å². The monoisotopic (exact) mass is 278 g/mol. The predicted molar refractivity (Wildman–Crippen MR) is 77.0 cm³/mol. The third-order valence-electron chi connectivity index (χ3n) is 5.38. The predicted octanol–water partition coefficient (Wildman–Crippen LogP) is 2.08. The normalized spacial score (nSPS) is 35.6. The number of hydrogen-bond acceptors (Lipinski definition) is 2. The van der Waals surface area contributed by atoms with Gasteiger partial charge in [-0.1, -0.05) is 32.6 Å². The summed E-state index contributed by atoms with van der Waals surface area (Å²) < 4.78 is 0. The molecule has 4 nitrogen and oxygen atoms in total. The lowest BCUT2D eigenvalue weighted by atomic mass is 9.83. The van der Waals surface area contributed by atoms with Crippen molar-refractivity contribution in [3.63, 3.8) is 0 Å². The van der Waals surface area contributed by atoms with Crippen LogP contribution in [0.4, 0.5) is 0 Å². The molecular weight excluding hydrogens is 252 g/mol. The second-order valence-electron chi connectivity index (χ2n) is 6.70. The van der Waals surface area contributed by atoms with Gasteiger partial charge in [0, 0.05) is 19.0 Å². The second-order valence-corrected chi connectivity index (χ2v) is 6.70. The first kappa shape index (κ1) is 13.9. The minimum Gasteiger partial charge on any atom is -0.344 e. The van der Waals surface area contributed by atoms with Crippen molar-refractivity contribution in [2.24, 2.45) is 11.8 Å². The largest absolute Gasteiger partial charge is 0.344 e. The molecule has 3 aliphatic rings. The summed E-state index contributed by atoms with van der Waals surface area (Å²) in [5, 5.41) is 3.01. The highest BCUT2D eigenvalue weighted by atomic mass is 16.2. The molecule has 1 N–H and O–H groups in total. The minimum atomic E-state index is -0.247. The van der Waals surface area contributed by atoms with Gasteiger partial charge < -0.3 is 10.2 Å². The van der Waals surface area contributed by atoms with Crippen LogP contribution in [0.2, 0.25) is 0 Å². The van der Waals surface area contributed by atoms with Crippen LogP contribution in [-0.2, 0) is 9.59 Å². The first-order valence-electron chi connectivity index (χ1n) is 8.30. The molecule has 0 radical (unpaired) electrons. The van der Waals surface area contributed by atoms with E-state index in [1.54, 1.807) is 0 Å². The highest BCUT2D eigenvalue weighted by Crippen LogP contribution is 2.40. The molecule has 1 aliphatic heterocycles. The molecule has 2 saturated carbocycles. The zero-order chi connectivity index (χ0) is 14.1. The van der Waals surface area contributed by atoms with E-state index in [1.807, 2.05) is 4.90 Å². The second kappa shape index (κ2) is 5.74. The summed E-state index contributed by atoms with van der Waals surface area (Å²) in [7, 11) is 0. The molecule has 2 aliphatic carbocycles. The molecule has 3 atom stereocenters. The van der Waals surface area contributed by atoms with E-state index in [0.29, 0.717) is 30.8 Å². The fourth-order valence-electron chi connectivity index (χ4n) is 3.99. The number of nitrogens with one attached hydrogen (secondary N) is 1. The average molecular weight is 278 g/mol. The van der Waals surface area contributed by atoms with Crippen LogP contribution < -0.4 is 5.32 Å². The lowest BCUT2D eigenvalue weighted by Gasteiger charge is -2.32. The molecule has 20 heavy (non-hydrogen) atoms. The van der Waals surface area contributed by atoms with E-state index in [-0.39, 0.29) is 17.9 Å². The van der Waals surface area contributed by atoms with Gasteiger partial charge in [0.2, 0.25) is 11.8 Å². The van der Waals surface area contributed by atoms with Gasteiger partial charge in [-0.25, -0.2) is 0 Å². The smallest absolute Gasteiger partial charge is 0.245 e. The highest BCUT2D eigenvalue weighted by molar-refractivity contribution is 5.90. The molecule has 4 heteroatoms. The maximum atomic E-state index is 12.8. The van der Waals surface area contributed by atoms with E-state index in [1.165, 1.54) is 19.3 Å². The number of amides is 2. The van der Waals surface area contributed by atoms with Crippen LogP contribution in [0.5, 0.6) is 0 Å². The number of nitrogens with zero attached hydrogens (tertiary/aromatic N) is 1. The van der Waals surface area contributed by atoms with E-state index < -0.39 is 0 Å². The third kappa shape index (κ3) is 2.70. The summed E-state index contributed by atoms with van der Waals surface area (Å²) >= 11 is 0. The molecule has 3 fully saturated rings. The van der Waals surface area contributed by atoms with Gasteiger partial charge in [-0.2, -0.15) is 0 Å². The van der Waals surface area contributed by atoms with Crippen LogP contribution in [-0.4, -0.2) is 35.3 Å². The molecule has 2 amide bonds. The number of carbonyl (C=O) groups excluding carboxylic acids is 2. The average Bonchev–Trinajstić information content (AvgIpc) is 3.25. The molecule has 3 unspecified atom stereocenters. The van der Waals surface area contributed by atoms with Gasteiger partial charge >= 0.3 is 0 Å². The summed E-state index contributed by atoms with van der Waals surface area (Å²) in [5.41, 5.74) is 0. The fourth-order valence-corrected chi connectivity index (χ4v) is 3.99. The summed E-state index contributed by atoms with van der Waals surface area (Å²) in [6.07, 6.45) is 8.60. The van der Waals surface area contributed by atoms with Crippen molar-refractivity contribution in [1.82, 2.24) is 10.2 Å². The van der Waals surface area contributed by atoms with E-state index in [2.05, 4.69) is 12.2 Å². The van der Waals surface area contributed by atoms with Crippen LogP contribution in [0.15, 0.2) is 0 Å². The molecule has 1 heterocycles. The molecule has 112 valence electrons. The molecular formula is C16H26N2O2. The zero-order valence-electron chi connectivity index (χ0n) is 12.4. The summed E-state index contributed by atoms with van der Waals surface area (Å²) in [4.78, 5) is 26.8. The van der Waals surface area contributed by atoms with Gasteiger partial charge in [0.15, 0.2) is 0 Å². The molecule has 0 bridgehead atoms. The third-order valence-corrected chi connectivity index (χ3v) is 5.38.